The van der Waals surface area contributed by atoms with E-state index in [-0.39, 0.29) is 18.2 Å². The Balaban J connectivity index is 1.42. The van der Waals surface area contributed by atoms with Gasteiger partial charge in [-0.25, -0.2) is 13.3 Å². The Morgan fingerprint density at radius 2 is 1.60 bits per heavy atom. The van der Waals surface area contributed by atoms with Gasteiger partial charge in [-0.3, -0.25) is 14.5 Å². The lowest BCUT2D eigenvalue weighted by atomic mass is 10.1. The van der Waals surface area contributed by atoms with Crippen LogP contribution in [0.2, 0.25) is 5.02 Å². The third-order valence-corrected chi connectivity index (χ3v) is 6.94. The molecule has 7 nitrogen and oxygen atoms in total. The van der Waals surface area contributed by atoms with Gasteiger partial charge in [-0.2, -0.15) is 0 Å². The zero-order valence-corrected chi connectivity index (χ0v) is 18.1. The fourth-order valence-corrected chi connectivity index (χ4v) is 4.80. The van der Waals surface area contributed by atoms with Crippen LogP contribution in [0.1, 0.15) is 6.42 Å². The first-order chi connectivity index (χ1) is 14.2. The number of carbonyl (C=O) groups is 2. The maximum Gasteiger partial charge on any atom is 0.251 e. The molecule has 2 aliphatic rings. The number of halogens is 1. The molecule has 0 aromatic heterocycles. The second-order valence-electron chi connectivity index (χ2n) is 7.56. The monoisotopic (exact) mass is 447 g/mol. The molecule has 9 heteroatoms. The van der Waals surface area contributed by atoms with Gasteiger partial charge in [0.25, 0.3) is 5.91 Å². The predicted octanol–water partition coefficient (Wildman–Crippen LogP) is 2.20. The molecule has 0 spiro atoms. The number of hydrogen-bond acceptors (Lipinski definition) is 6. The van der Waals surface area contributed by atoms with E-state index in [4.69, 9.17) is 11.6 Å². The SMILES string of the molecule is CS(=O)(=O)c1ccc(N2CCN(C3CC(=O)N(c4cccc(Cl)c4)C3=O)CC2)cc1. The molecule has 1 atom stereocenters. The van der Waals surface area contributed by atoms with Gasteiger partial charge in [0, 0.05) is 43.1 Å². The normalized spacial score (nSPS) is 20.8. The molecule has 2 fully saturated rings. The van der Waals surface area contributed by atoms with E-state index >= 15 is 0 Å². The quantitative estimate of drug-likeness (QED) is 0.669. The van der Waals surface area contributed by atoms with E-state index in [2.05, 4.69) is 4.90 Å². The number of anilines is 2. The second kappa shape index (κ2) is 8.02. The summed E-state index contributed by atoms with van der Waals surface area (Å²) in [5.74, 6) is -0.431. The minimum Gasteiger partial charge on any atom is -0.369 e. The van der Waals surface area contributed by atoms with Crippen molar-refractivity contribution in [2.24, 2.45) is 0 Å². The maximum atomic E-state index is 13.0. The predicted molar refractivity (Wildman–Crippen MR) is 116 cm³/mol. The lowest BCUT2D eigenvalue weighted by Crippen LogP contribution is -2.52. The van der Waals surface area contributed by atoms with Crippen LogP contribution < -0.4 is 9.80 Å². The van der Waals surface area contributed by atoms with Gasteiger partial charge >= 0.3 is 0 Å². The molecule has 1 unspecified atom stereocenters. The van der Waals surface area contributed by atoms with Gasteiger partial charge in [0.15, 0.2) is 9.84 Å². The van der Waals surface area contributed by atoms with Gasteiger partial charge in [-0.1, -0.05) is 17.7 Å². The third kappa shape index (κ3) is 4.08. The lowest BCUT2D eigenvalue weighted by Gasteiger charge is -2.38. The standard InChI is InChI=1S/C21H22ClN3O4S/c1-30(28,29)18-7-5-16(6-8-18)23-9-11-24(12-10-23)19-14-20(26)25(21(19)27)17-4-2-3-15(22)13-17/h2-8,13,19H,9-12,14H2,1H3. The molecule has 2 aromatic rings. The molecule has 0 aliphatic carbocycles. The average Bonchev–Trinajstić information content (AvgIpc) is 3.01. The second-order valence-corrected chi connectivity index (χ2v) is 10.0. The van der Waals surface area contributed by atoms with E-state index in [0.717, 1.165) is 5.69 Å². The molecule has 2 aromatic carbocycles. The van der Waals surface area contributed by atoms with Crippen LogP contribution in [0.5, 0.6) is 0 Å². The first-order valence-corrected chi connectivity index (χ1v) is 11.9. The maximum absolute atomic E-state index is 13.0. The fourth-order valence-electron chi connectivity index (χ4n) is 3.98. The van der Waals surface area contributed by atoms with E-state index in [1.54, 1.807) is 48.5 Å². The molecule has 0 saturated carbocycles. The summed E-state index contributed by atoms with van der Waals surface area (Å²) in [5, 5.41) is 0.479. The third-order valence-electron chi connectivity index (χ3n) is 5.57. The van der Waals surface area contributed by atoms with E-state index in [0.29, 0.717) is 41.8 Å². The Morgan fingerprint density at radius 1 is 0.933 bits per heavy atom. The molecule has 2 aliphatic heterocycles. The summed E-state index contributed by atoms with van der Waals surface area (Å²) in [5.41, 5.74) is 1.45. The van der Waals surface area contributed by atoms with Crippen molar-refractivity contribution < 1.29 is 18.0 Å². The van der Waals surface area contributed by atoms with Crippen LogP contribution in [0.15, 0.2) is 53.4 Å². The minimum atomic E-state index is -3.22. The van der Waals surface area contributed by atoms with Crippen LogP contribution in [0.3, 0.4) is 0 Å². The summed E-state index contributed by atoms with van der Waals surface area (Å²) in [6.07, 6.45) is 1.35. The number of amides is 2. The Morgan fingerprint density at radius 3 is 2.20 bits per heavy atom. The molecular weight excluding hydrogens is 426 g/mol. The summed E-state index contributed by atoms with van der Waals surface area (Å²) in [7, 11) is -3.22. The first kappa shape index (κ1) is 20.8. The number of rotatable bonds is 4. The van der Waals surface area contributed by atoms with Crippen molar-refractivity contribution in [1.29, 1.82) is 0 Å². The number of imide groups is 1. The number of carbonyl (C=O) groups excluding carboxylic acids is 2. The molecule has 0 bridgehead atoms. The molecule has 2 heterocycles. The summed E-state index contributed by atoms with van der Waals surface area (Å²) in [4.78, 5) is 31.2. The molecule has 0 N–H and O–H groups in total. The van der Waals surface area contributed by atoms with Crippen molar-refractivity contribution in [2.45, 2.75) is 17.4 Å². The van der Waals surface area contributed by atoms with Crippen LogP contribution in [0.4, 0.5) is 11.4 Å². The van der Waals surface area contributed by atoms with Gasteiger partial charge in [0.1, 0.15) is 0 Å². The highest BCUT2D eigenvalue weighted by molar-refractivity contribution is 7.90. The molecule has 2 saturated heterocycles. The Labute approximate surface area is 180 Å². The Bertz CT molecular complexity index is 1080. The Kier molecular flexibility index (Phi) is 5.57. The molecule has 2 amide bonds. The van der Waals surface area contributed by atoms with E-state index in [1.807, 2.05) is 4.90 Å². The highest BCUT2D eigenvalue weighted by Crippen LogP contribution is 2.29. The largest absolute Gasteiger partial charge is 0.369 e. The Hall–Kier alpha value is -2.42. The molecule has 30 heavy (non-hydrogen) atoms. The van der Waals surface area contributed by atoms with Crippen LogP contribution in [-0.2, 0) is 19.4 Å². The molecule has 0 radical (unpaired) electrons. The number of nitrogens with zero attached hydrogens (tertiary/aromatic N) is 3. The average molecular weight is 448 g/mol. The topological polar surface area (TPSA) is 78.0 Å². The van der Waals surface area contributed by atoms with Gasteiger partial charge in [0.05, 0.1) is 23.0 Å². The van der Waals surface area contributed by atoms with Crippen molar-refractivity contribution in [3.8, 4) is 0 Å². The van der Waals surface area contributed by atoms with Crippen LogP contribution in [0, 0.1) is 0 Å². The highest BCUT2D eigenvalue weighted by atomic mass is 35.5. The van der Waals surface area contributed by atoms with Crippen molar-refractivity contribution in [3.63, 3.8) is 0 Å². The van der Waals surface area contributed by atoms with Gasteiger partial charge < -0.3 is 4.90 Å². The zero-order valence-electron chi connectivity index (χ0n) is 16.5. The summed E-state index contributed by atoms with van der Waals surface area (Å²) in [6.45, 7) is 2.66. The minimum absolute atomic E-state index is 0.161. The summed E-state index contributed by atoms with van der Waals surface area (Å²) < 4.78 is 23.2. The summed E-state index contributed by atoms with van der Waals surface area (Å²) in [6, 6.07) is 13.1. The first-order valence-electron chi connectivity index (χ1n) is 9.65. The number of benzene rings is 2. The molecule has 4 rings (SSSR count). The van der Waals surface area contributed by atoms with Crippen molar-refractivity contribution in [1.82, 2.24) is 4.90 Å². The van der Waals surface area contributed by atoms with Gasteiger partial charge in [-0.15, -0.1) is 0 Å². The highest BCUT2D eigenvalue weighted by Gasteiger charge is 2.43. The van der Waals surface area contributed by atoms with E-state index in [9.17, 15) is 18.0 Å². The van der Waals surface area contributed by atoms with Gasteiger partial charge in [-0.05, 0) is 42.5 Å². The zero-order chi connectivity index (χ0) is 21.5. The fraction of sp³-hybridized carbons (Fsp3) is 0.333. The van der Waals surface area contributed by atoms with Gasteiger partial charge in [0.2, 0.25) is 5.91 Å². The smallest absolute Gasteiger partial charge is 0.251 e. The van der Waals surface area contributed by atoms with Crippen molar-refractivity contribution in [3.05, 3.63) is 53.6 Å². The molecule has 158 valence electrons. The van der Waals surface area contributed by atoms with E-state index in [1.165, 1.54) is 11.2 Å². The number of piperazine rings is 1. The van der Waals surface area contributed by atoms with E-state index < -0.39 is 15.9 Å². The summed E-state index contributed by atoms with van der Waals surface area (Å²) >= 11 is 6.01. The van der Waals surface area contributed by atoms with Crippen LogP contribution in [-0.4, -0.2) is 63.6 Å². The van der Waals surface area contributed by atoms with Crippen LogP contribution in [0.25, 0.3) is 0 Å². The number of sulfone groups is 1. The van der Waals surface area contributed by atoms with Crippen molar-refractivity contribution in [2.75, 3.05) is 42.2 Å². The van der Waals surface area contributed by atoms with Crippen molar-refractivity contribution >= 4 is 44.6 Å². The van der Waals surface area contributed by atoms with Crippen LogP contribution >= 0.6 is 11.6 Å². The molecular formula is C21H22ClN3O4S. The number of hydrogen-bond donors (Lipinski definition) is 0. The lowest BCUT2D eigenvalue weighted by molar-refractivity contribution is -0.123.